The second-order valence-corrected chi connectivity index (χ2v) is 5.43. The highest BCUT2D eigenvalue weighted by Gasteiger charge is 2.11. The third kappa shape index (κ3) is 3.29. The first-order valence-corrected chi connectivity index (χ1v) is 6.89. The number of rotatable bonds is 4. The first kappa shape index (κ1) is 13.5. The highest BCUT2D eigenvalue weighted by molar-refractivity contribution is 7.12. The molecule has 2 N–H and O–H groups in total. The van der Waals surface area contributed by atoms with Crippen LogP contribution in [0.5, 0.6) is 0 Å². The number of carbonyl (C=O) groups is 1. The maximum atomic E-state index is 11.9. The Morgan fingerprint density at radius 1 is 1.53 bits per heavy atom. The van der Waals surface area contributed by atoms with E-state index in [1.54, 1.807) is 17.4 Å². The van der Waals surface area contributed by atoms with Gasteiger partial charge >= 0.3 is 0 Å². The lowest BCUT2D eigenvalue weighted by Crippen LogP contribution is -2.19. The molecule has 0 spiro atoms. The van der Waals surface area contributed by atoms with Crippen LogP contribution in [-0.2, 0) is 0 Å². The minimum atomic E-state index is -0.306. The molecule has 0 bridgehead atoms. The smallest absolute Gasteiger partial charge is 0.282 e. The van der Waals surface area contributed by atoms with Crippen LogP contribution >= 0.6 is 11.3 Å². The summed E-state index contributed by atoms with van der Waals surface area (Å²) in [7, 11) is 0. The van der Waals surface area contributed by atoms with Gasteiger partial charge < -0.3 is 0 Å². The standard InChI is InChI=1S/C13H16N4OS/c1-8(2)10-7-11(16-15-10)13(18)17-14-9(3)12-5-4-6-19-12/h4-8H,1-3H3,(H,15,16)(H,17,18)/b14-9-. The van der Waals surface area contributed by atoms with Gasteiger partial charge in [-0.3, -0.25) is 9.89 Å². The Balaban J connectivity index is 2.03. The van der Waals surface area contributed by atoms with Crippen LogP contribution in [0.2, 0.25) is 0 Å². The van der Waals surface area contributed by atoms with Crippen molar-refractivity contribution in [3.05, 3.63) is 39.8 Å². The van der Waals surface area contributed by atoms with Gasteiger partial charge in [0.2, 0.25) is 0 Å². The quantitative estimate of drug-likeness (QED) is 0.666. The van der Waals surface area contributed by atoms with Crippen molar-refractivity contribution in [1.29, 1.82) is 0 Å². The largest absolute Gasteiger partial charge is 0.291 e. The molecule has 0 saturated carbocycles. The van der Waals surface area contributed by atoms with Crippen LogP contribution in [0.25, 0.3) is 0 Å². The van der Waals surface area contributed by atoms with Crippen LogP contribution in [0.4, 0.5) is 0 Å². The Labute approximate surface area is 115 Å². The number of hydrogen-bond acceptors (Lipinski definition) is 4. The molecule has 0 radical (unpaired) electrons. The Hall–Kier alpha value is -1.95. The van der Waals surface area contributed by atoms with Gasteiger partial charge in [-0.15, -0.1) is 11.3 Å². The average Bonchev–Trinajstić information content (AvgIpc) is 3.05. The summed E-state index contributed by atoms with van der Waals surface area (Å²) in [6, 6.07) is 5.65. The van der Waals surface area contributed by atoms with Crippen molar-refractivity contribution >= 4 is 23.0 Å². The topological polar surface area (TPSA) is 70.1 Å². The van der Waals surface area contributed by atoms with Crippen molar-refractivity contribution in [3.63, 3.8) is 0 Å². The molecule has 0 aliphatic rings. The summed E-state index contributed by atoms with van der Waals surface area (Å²) in [6.45, 7) is 5.93. The molecular weight excluding hydrogens is 260 g/mol. The normalized spacial score (nSPS) is 11.9. The summed E-state index contributed by atoms with van der Waals surface area (Å²) < 4.78 is 0. The highest BCUT2D eigenvalue weighted by Crippen LogP contribution is 2.12. The van der Waals surface area contributed by atoms with E-state index < -0.39 is 0 Å². The Morgan fingerprint density at radius 3 is 2.89 bits per heavy atom. The minimum absolute atomic E-state index is 0.306. The Bertz CT molecular complexity index is 584. The van der Waals surface area contributed by atoms with E-state index in [1.807, 2.05) is 38.3 Å². The number of aromatic amines is 1. The van der Waals surface area contributed by atoms with Crippen molar-refractivity contribution in [3.8, 4) is 0 Å². The van der Waals surface area contributed by atoms with Crippen LogP contribution in [0.3, 0.4) is 0 Å². The van der Waals surface area contributed by atoms with Crippen LogP contribution in [0.15, 0.2) is 28.7 Å². The van der Waals surface area contributed by atoms with Gasteiger partial charge in [-0.05, 0) is 30.4 Å². The maximum absolute atomic E-state index is 11.9. The number of hydrogen-bond donors (Lipinski definition) is 2. The van der Waals surface area contributed by atoms with E-state index in [0.717, 1.165) is 16.3 Å². The molecule has 19 heavy (non-hydrogen) atoms. The number of aromatic nitrogens is 2. The van der Waals surface area contributed by atoms with Crippen LogP contribution in [0, 0.1) is 0 Å². The molecular formula is C13H16N4OS. The molecule has 0 aromatic carbocycles. The molecule has 0 aliphatic carbocycles. The van der Waals surface area contributed by atoms with Crippen molar-refractivity contribution in [2.45, 2.75) is 26.7 Å². The third-order valence-corrected chi connectivity index (χ3v) is 3.63. The van der Waals surface area contributed by atoms with Crippen molar-refractivity contribution in [2.24, 2.45) is 5.10 Å². The zero-order valence-electron chi connectivity index (χ0n) is 11.1. The van der Waals surface area contributed by atoms with Crippen LogP contribution in [0.1, 0.15) is 47.7 Å². The molecule has 2 heterocycles. The zero-order chi connectivity index (χ0) is 13.8. The second kappa shape index (κ2) is 5.79. The van der Waals surface area contributed by atoms with E-state index in [4.69, 9.17) is 0 Å². The lowest BCUT2D eigenvalue weighted by atomic mass is 10.1. The van der Waals surface area contributed by atoms with Crippen molar-refractivity contribution in [1.82, 2.24) is 15.6 Å². The summed E-state index contributed by atoms with van der Waals surface area (Å²) in [5.41, 5.74) is 4.58. The van der Waals surface area contributed by atoms with Crippen LogP contribution in [-0.4, -0.2) is 21.8 Å². The predicted molar refractivity (Wildman–Crippen MR) is 76.7 cm³/mol. The molecule has 100 valence electrons. The molecule has 2 aromatic heterocycles. The first-order chi connectivity index (χ1) is 9.08. The van der Waals surface area contributed by atoms with E-state index in [9.17, 15) is 4.79 Å². The SMILES string of the molecule is C/C(=N/NC(=O)c1cc(C(C)C)[nH]n1)c1cccs1. The number of H-pyrrole nitrogens is 1. The fourth-order valence-corrected chi connectivity index (χ4v) is 2.16. The molecule has 0 saturated heterocycles. The summed E-state index contributed by atoms with van der Waals surface area (Å²) in [5, 5.41) is 12.9. The lowest BCUT2D eigenvalue weighted by molar-refractivity contribution is 0.0950. The highest BCUT2D eigenvalue weighted by atomic mass is 32.1. The summed E-state index contributed by atoms with van der Waals surface area (Å²) in [5.74, 6) is 0.00413. The molecule has 2 rings (SSSR count). The van der Waals surface area contributed by atoms with Gasteiger partial charge in [-0.1, -0.05) is 19.9 Å². The first-order valence-electron chi connectivity index (χ1n) is 6.01. The maximum Gasteiger partial charge on any atom is 0.291 e. The third-order valence-electron chi connectivity index (χ3n) is 2.66. The molecule has 1 amide bonds. The fourth-order valence-electron chi connectivity index (χ4n) is 1.48. The zero-order valence-corrected chi connectivity index (χ0v) is 11.9. The number of carbonyl (C=O) groups excluding carboxylic acids is 1. The molecule has 0 fully saturated rings. The van der Waals surface area contributed by atoms with E-state index in [2.05, 4.69) is 20.7 Å². The van der Waals surface area contributed by atoms with Crippen molar-refractivity contribution in [2.75, 3.05) is 0 Å². The van der Waals surface area contributed by atoms with Crippen LogP contribution < -0.4 is 5.43 Å². The number of nitrogens with one attached hydrogen (secondary N) is 2. The van der Waals surface area contributed by atoms with Gasteiger partial charge in [-0.2, -0.15) is 10.2 Å². The van der Waals surface area contributed by atoms with Gasteiger partial charge in [-0.25, -0.2) is 5.43 Å². The van der Waals surface area contributed by atoms with E-state index in [1.165, 1.54) is 0 Å². The molecule has 6 heteroatoms. The molecule has 0 aliphatic heterocycles. The Morgan fingerprint density at radius 2 is 2.32 bits per heavy atom. The lowest BCUT2D eigenvalue weighted by Gasteiger charge is -1.98. The monoisotopic (exact) mass is 276 g/mol. The van der Waals surface area contributed by atoms with Gasteiger partial charge in [0.05, 0.1) is 5.71 Å². The van der Waals surface area contributed by atoms with E-state index >= 15 is 0 Å². The van der Waals surface area contributed by atoms with E-state index in [-0.39, 0.29) is 5.91 Å². The summed E-state index contributed by atoms with van der Waals surface area (Å²) in [4.78, 5) is 12.9. The summed E-state index contributed by atoms with van der Waals surface area (Å²) >= 11 is 1.58. The molecule has 0 atom stereocenters. The predicted octanol–water partition coefficient (Wildman–Crippen LogP) is 2.75. The number of thiophene rings is 1. The second-order valence-electron chi connectivity index (χ2n) is 4.48. The number of hydrazone groups is 1. The fraction of sp³-hybridized carbons (Fsp3) is 0.308. The van der Waals surface area contributed by atoms with E-state index in [0.29, 0.717) is 11.6 Å². The molecule has 0 unspecified atom stereocenters. The Kier molecular flexibility index (Phi) is 4.11. The summed E-state index contributed by atoms with van der Waals surface area (Å²) in [6.07, 6.45) is 0. The molecule has 5 nitrogen and oxygen atoms in total. The van der Waals surface area contributed by atoms with Gasteiger partial charge in [0.15, 0.2) is 5.69 Å². The number of amides is 1. The average molecular weight is 276 g/mol. The van der Waals surface area contributed by atoms with Gasteiger partial charge in [0.1, 0.15) is 0 Å². The minimum Gasteiger partial charge on any atom is -0.282 e. The van der Waals surface area contributed by atoms with Crippen molar-refractivity contribution < 1.29 is 4.79 Å². The van der Waals surface area contributed by atoms with Gasteiger partial charge in [0, 0.05) is 10.6 Å². The molecule has 2 aromatic rings. The number of nitrogens with zero attached hydrogens (tertiary/aromatic N) is 2. The van der Waals surface area contributed by atoms with Gasteiger partial charge in [0.25, 0.3) is 5.91 Å².